The van der Waals surface area contributed by atoms with Gasteiger partial charge in [-0.05, 0) is 51.6 Å². The summed E-state index contributed by atoms with van der Waals surface area (Å²) in [6, 6.07) is 1.03. The molecule has 0 amide bonds. The summed E-state index contributed by atoms with van der Waals surface area (Å²) >= 11 is 0. The lowest BCUT2D eigenvalue weighted by molar-refractivity contribution is -0.122. The molecular formula is C17H34N2O. The van der Waals surface area contributed by atoms with Crippen LogP contribution < -0.4 is 5.73 Å². The van der Waals surface area contributed by atoms with Crippen LogP contribution in [0, 0.1) is 5.92 Å². The molecule has 1 saturated heterocycles. The summed E-state index contributed by atoms with van der Waals surface area (Å²) < 4.78 is 6.20. The minimum absolute atomic E-state index is 0.218. The van der Waals surface area contributed by atoms with E-state index in [9.17, 15) is 0 Å². The van der Waals surface area contributed by atoms with Crippen molar-refractivity contribution in [1.82, 2.24) is 4.90 Å². The molecule has 0 aromatic carbocycles. The third-order valence-corrected chi connectivity index (χ3v) is 5.53. The first-order chi connectivity index (χ1) is 9.52. The first kappa shape index (κ1) is 16.3. The SMILES string of the molecule is CC(C)C(N)CCN(C)C1CCOC2(CCCCC2)C1. The van der Waals surface area contributed by atoms with Gasteiger partial charge in [0.2, 0.25) is 0 Å². The van der Waals surface area contributed by atoms with Gasteiger partial charge in [-0.2, -0.15) is 0 Å². The molecule has 20 heavy (non-hydrogen) atoms. The predicted molar refractivity (Wildman–Crippen MR) is 84.9 cm³/mol. The molecule has 1 aliphatic carbocycles. The average molecular weight is 282 g/mol. The fourth-order valence-corrected chi connectivity index (χ4v) is 3.79. The van der Waals surface area contributed by atoms with Gasteiger partial charge in [-0.15, -0.1) is 0 Å². The Kier molecular flexibility index (Phi) is 5.88. The minimum Gasteiger partial charge on any atom is -0.375 e. The van der Waals surface area contributed by atoms with Gasteiger partial charge in [0.25, 0.3) is 0 Å². The molecule has 2 aliphatic rings. The molecule has 0 radical (unpaired) electrons. The topological polar surface area (TPSA) is 38.5 Å². The molecule has 2 N–H and O–H groups in total. The summed E-state index contributed by atoms with van der Waals surface area (Å²) in [5.74, 6) is 0.586. The van der Waals surface area contributed by atoms with E-state index in [4.69, 9.17) is 10.5 Å². The summed E-state index contributed by atoms with van der Waals surface area (Å²) in [6.45, 7) is 6.51. The Bertz CT molecular complexity index is 281. The van der Waals surface area contributed by atoms with Crippen molar-refractivity contribution in [2.75, 3.05) is 20.2 Å². The van der Waals surface area contributed by atoms with Crippen molar-refractivity contribution < 1.29 is 4.74 Å². The summed E-state index contributed by atoms with van der Waals surface area (Å²) in [5.41, 5.74) is 6.40. The molecule has 0 aromatic heterocycles. The second-order valence-electron chi connectivity index (χ2n) is 7.42. The first-order valence-electron chi connectivity index (χ1n) is 8.62. The molecule has 1 aliphatic heterocycles. The first-order valence-corrected chi connectivity index (χ1v) is 8.62. The van der Waals surface area contributed by atoms with Crippen LogP contribution in [0.3, 0.4) is 0 Å². The highest BCUT2D eigenvalue weighted by Gasteiger charge is 2.39. The predicted octanol–water partition coefficient (Wildman–Crippen LogP) is 3.17. The molecule has 2 atom stereocenters. The van der Waals surface area contributed by atoms with Crippen molar-refractivity contribution in [1.29, 1.82) is 0 Å². The minimum atomic E-state index is 0.218. The monoisotopic (exact) mass is 282 g/mol. The van der Waals surface area contributed by atoms with E-state index in [0.717, 1.165) is 19.6 Å². The van der Waals surface area contributed by atoms with Crippen molar-refractivity contribution in [3.05, 3.63) is 0 Å². The number of rotatable bonds is 5. The molecule has 118 valence electrons. The zero-order valence-corrected chi connectivity index (χ0v) is 13.7. The Morgan fingerprint density at radius 3 is 2.60 bits per heavy atom. The van der Waals surface area contributed by atoms with E-state index in [1.54, 1.807) is 0 Å². The van der Waals surface area contributed by atoms with Gasteiger partial charge >= 0.3 is 0 Å². The van der Waals surface area contributed by atoms with Crippen LogP contribution in [0.15, 0.2) is 0 Å². The van der Waals surface area contributed by atoms with Gasteiger partial charge in [0.1, 0.15) is 0 Å². The van der Waals surface area contributed by atoms with Gasteiger partial charge in [-0.1, -0.05) is 33.1 Å². The average Bonchev–Trinajstić information content (AvgIpc) is 2.45. The van der Waals surface area contributed by atoms with E-state index in [-0.39, 0.29) is 5.60 Å². The van der Waals surface area contributed by atoms with E-state index in [2.05, 4.69) is 25.8 Å². The molecule has 2 rings (SSSR count). The highest BCUT2D eigenvalue weighted by molar-refractivity contribution is 4.92. The molecule has 1 saturated carbocycles. The van der Waals surface area contributed by atoms with E-state index in [0.29, 0.717) is 18.0 Å². The van der Waals surface area contributed by atoms with Crippen LogP contribution in [-0.2, 0) is 4.74 Å². The van der Waals surface area contributed by atoms with Gasteiger partial charge in [0.05, 0.1) is 5.60 Å². The van der Waals surface area contributed by atoms with Crippen LogP contribution in [0.5, 0.6) is 0 Å². The standard InChI is InChI=1S/C17H34N2O/c1-14(2)16(18)7-11-19(3)15-8-12-20-17(13-15)9-5-4-6-10-17/h14-16H,4-13,18H2,1-3H3. The quantitative estimate of drug-likeness (QED) is 0.841. The van der Waals surface area contributed by atoms with Crippen molar-refractivity contribution in [3.63, 3.8) is 0 Å². The smallest absolute Gasteiger partial charge is 0.0697 e. The lowest BCUT2D eigenvalue weighted by Gasteiger charge is -2.46. The van der Waals surface area contributed by atoms with Gasteiger partial charge in [0.15, 0.2) is 0 Å². The van der Waals surface area contributed by atoms with Crippen LogP contribution in [0.25, 0.3) is 0 Å². The second-order valence-corrected chi connectivity index (χ2v) is 7.42. The fourth-order valence-electron chi connectivity index (χ4n) is 3.79. The lowest BCUT2D eigenvalue weighted by atomic mass is 9.78. The summed E-state index contributed by atoms with van der Waals surface area (Å²) in [6.07, 6.45) is 10.2. The van der Waals surface area contributed by atoms with E-state index >= 15 is 0 Å². The molecule has 1 heterocycles. The molecule has 1 spiro atoms. The van der Waals surface area contributed by atoms with Crippen molar-refractivity contribution in [2.24, 2.45) is 11.7 Å². The van der Waals surface area contributed by atoms with Crippen LogP contribution in [-0.4, -0.2) is 42.8 Å². The van der Waals surface area contributed by atoms with E-state index < -0.39 is 0 Å². The second kappa shape index (κ2) is 7.24. The van der Waals surface area contributed by atoms with Crippen molar-refractivity contribution in [2.45, 2.75) is 82.9 Å². The Balaban J connectivity index is 1.82. The Morgan fingerprint density at radius 1 is 1.25 bits per heavy atom. The maximum atomic E-state index is 6.20. The molecule has 2 fully saturated rings. The maximum absolute atomic E-state index is 6.20. The summed E-state index contributed by atoms with van der Waals surface area (Å²) in [5, 5.41) is 0. The Hall–Kier alpha value is -0.120. The Morgan fingerprint density at radius 2 is 1.95 bits per heavy atom. The van der Waals surface area contributed by atoms with Crippen LogP contribution in [0.4, 0.5) is 0 Å². The highest BCUT2D eigenvalue weighted by Crippen LogP contribution is 2.39. The lowest BCUT2D eigenvalue weighted by Crippen LogP contribution is -2.49. The van der Waals surface area contributed by atoms with Gasteiger partial charge in [-0.25, -0.2) is 0 Å². The highest BCUT2D eigenvalue weighted by atomic mass is 16.5. The van der Waals surface area contributed by atoms with E-state index in [1.807, 2.05) is 0 Å². The van der Waals surface area contributed by atoms with Gasteiger partial charge in [0, 0.05) is 18.7 Å². The molecule has 3 nitrogen and oxygen atoms in total. The maximum Gasteiger partial charge on any atom is 0.0697 e. The third-order valence-electron chi connectivity index (χ3n) is 5.53. The van der Waals surface area contributed by atoms with Gasteiger partial charge in [-0.3, -0.25) is 0 Å². The zero-order valence-electron chi connectivity index (χ0n) is 13.7. The van der Waals surface area contributed by atoms with Crippen molar-refractivity contribution >= 4 is 0 Å². The molecule has 0 bridgehead atoms. The normalized spacial score (nSPS) is 28.2. The zero-order chi connectivity index (χ0) is 14.6. The van der Waals surface area contributed by atoms with E-state index in [1.165, 1.54) is 44.9 Å². The molecule has 3 heteroatoms. The molecular weight excluding hydrogens is 248 g/mol. The van der Waals surface area contributed by atoms with Crippen LogP contribution >= 0.6 is 0 Å². The Labute approximate surface area is 125 Å². The summed E-state index contributed by atoms with van der Waals surface area (Å²) in [7, 11) is 2.28. The molecule has 2 unspecified atom stereocenters. The number of nitrogens with two attached hydrogens (primary N) is 1. The number of hydrogen-bond acceptors (Lipinski definition) is 3. The van der Waals surface area contributed by atoms with Gasteiger partial charge < -0.3 is 15.4 Å². The number of ether oxygens (including phenoxy) is 1. The van der Waals surface area contributed by atoms with Crippen LogP contribution in [0.1, 0.15) is 65.2 Å². The fraction of sp³-hybridized carbons (Fsp3) is 1.00. The summed E-state index contributed by atoms with van der Waals surface area (Å²) in [4.78, 5) is 2.54. The van der Waals surface area contributed by atoms with Crippen LogP contribution in [0.2, 0.25) is 0 Å². The van der Waals surface area contributed by atoms with Crippen molar-refractivity contribution in [3.8, 4) is 0 Å². The number of nitrogens with zero attached hydrogens (tertiary/aromatic N) is 1. The number of hydrogen-bond donors (Lipinski definition) is 1. The largest absolute Gasteiger partial charge is 0.375 e. The third kappa shape index (κ3) is 4.19. The molecule has 0 aromatic rings.